The summed E-state index contributed by atoms with van der Waals surface area (Å²) in [5.74, 6) is 1.51. The van der Waals surface area contributed by atoms with Crippen molar-refractivity contribution in [2.24, 2.45) is 0 Å². The summed E-state index contributed by atoms with van der Waals surface area (Å²) >= 11 is 1.72. The zero-order valence-electron chi connectivity index (χ0n) is 12.9. The molecule has 3 nitrogen and oxygen atoms in total. The number of methoxy groups -OCH3 is 1. The molecule has 0 aromatic heterocycles. The van der Waals surface area contributed by atoms with Gasteiger partial charge in [0.05, 0.1) is 13.5 Å². The highest BCUT2D eigenvalue weighted by Crippen LogP contribution is 2.38. The van der Waals surface area contributed by atoms with Crippen LogP contribution in [-0.2, 0) is 11.2 Å². The summed E-state index contributed by atoms with van der Waals surface area (Å²) in [5, 5.41) is -0.0265. The zero-order valence-corrected chi connectivity index (χ0v) is 13.7. The fourth-order valence-corrected chi connectivity index (χ4v) is 3.93. The molecule has 1 amide bonds. The molecule has 0 saturated carbocycles. The van der Waals surface area contributed by atoms with Crippen LogP contribution in [0.3, 0.4) is 0 Å². The van der Waals surface area contributed by atoms with Crippen LogP contribution >= 0.6 is 11.8 Å². The van der Waals surface area contributed by atoms with Crippen molar-refractivity contribution in [1.82, 2.24) is 4.90 Å². The number of ether oxygens (including phenoxy) is 1. The molecule has 1 fully saturated rings. The molecular weight excluding hydrogens is 313 g/mol. The minimum absolute atomic E-state index is 0.0265. The van der Waals surface area contributed by atoms with Crippen LogP contribution in [0.25, 0.3) is 0 Å². The lowest BCUT2D eigenvalue weighted by atomic mass is 10.1. The molecule has 0 spiro atoms. The lowest BCUT2D eigenvalue weighted by molar-refractivity contribution is -0.130. The number of thioether (sulfide) groups is 1. The van der Waals surface area contributed by atoms with E-state index in [1.54, 1.807) is 31.0 Å². The predicted octanol–water partition coefficient (Wildman–Crippen LogP) is 3.65. The summed E-state index contributed by atoms with van der Waals surface area (Å²) in [6.07, 6.45) is 0.363. The van der Waals surface area contributed by atoms with E-state index in [4.69, 9.17) is 4.74 Å². The number of amides is 1. The summed E-state index contributed by atoms with van der Waals surface area (Å²) < 4.78 is 18.2. The van der Waals surface area contributed by atoms with Crippen molar-refractivity contribution >= 4 is 17.7 Å². The van der Waals surface area contributed by atoms with Gasteiger partial charge in [-0.25, -0.2) is 4.39 Å². The summed E-state index contributed by atoms with van der Waals surface area (Å²) in [4.78, 5) is 14.5. The zero-order chi connectivity index (χ0) is 16.2. The number of rotatable bonds is 4. The summed E-state index contributed by atoms with van der Waals surface area (Å²) in [6.45, 7) is 0.724. The second-order valence-electron chi connectivity index (χ2n) is 5.39. The van der Waals surface area contributed by atoms with E-state index < -0.39 is 0 Å². The maximum absolute atomic E-state index is 13.1. The first-order valence-electron chi connectivity index (χ1n) is 7.47. The summed E-state index contributed by atoms with van der Waals surface area (Å²) in [7, 11) is 1.62. The van der Waals surface area contributed by atoms with E-state index in [1.807, 2.05) is 29.2 Å². The molecule has 1 heterocycles. The van der Waals surface area contributed by atoms with E-state index in [1.165, 1.54) is 12.1 Å². The van der Waals surface area contributed by atoms with Crippen LogP contribution in [0.5, 0.6) is 5.75 Å². The van der Waals surface area contributed by atoms with Gasteiger partial charge in [-0.15, -0.1) is 11.8 Å². The normalized spacial score (nSPS) is 17.3. The van der Waals surface area contributed by atoms with Gasteiger partial charge in [0.2, 0.25) is 5.91 Å². The van der Waals surface area contributed by atoms with Crippen LogP contribution in [0.15, 0.2) is 48.5 Å². The Balaban J connectivity index is 1.71. The van der Waals surface area contributed by atoms with Gasteiger partial charge in [-0.3, -0.25) is 4.79 Å². The van der Waals surface area contributed by atoms with Gasteiger partial charge in [-0.1, -0.05) is 24.3 Å². The first-order chi connectivity index (χ1) is 11.2. The van der Waals surface area contributed by atoms with Crippen molar-refractivity contribution < 1.29 is 13.9 Å². The molecule has 1 unspecified atom stereocenters. The van der Waals surface area contributed by atoms with Gasteiger partial charge < -0.3 is 9.64 Å². The Kier molecular flexibility index (Phi) is 4.86. The van der Waals surface area contributed by atoms with Crippen LogP contribution in [-0.4, -0.2) is 30.2 Å². The molecule has 3 rings (SSSR count). The first-order valence-corrected chi connectivity index (χ1v) is 8.52. The predicted molar refractivity (Wildman–Crippen MR) is 90.0 cm³/mol. The van der Waals surface area contributed by atoms with Gasteiger partial charge in [-0.2, -0.15) is 0 Å². The molecule has 0 radical (unpaired) electrons. The molecule has 0 N–H and O–H groups in total. The second kappa shape index (κ2) is 7.04. The molecule has 2 aromatic rings. The van der Waals surface area contributed by atoms with Crippen LogP contribution in [0, 0.1) is 5.82 Å². The number of carbonyl (C=O) groups is 1. The first kappa shape index (κ1) is 15.9. The summed E-state index contributed by atoms with van der Waals surface area (Å²) in [5.41, 5.74) is 1.93. The lowest BCUT2D eigenvalue weighted by Crippen LogP contribution is -2.31. The van der Waals surface area contributed by atoms with E-state index in [2.05, 4.69) is 0 Å². The van der Waals surface area contributed by atoms with E-state index in [0.717, 1.165) is 29.2 Å². The Labute approximate surface area is 139 Å². The Morgan fingerprint density at radius 3 is 2.57 bits per heavy atom. The third-order valence-electron chi connectivity index (χ3n) is 3.88. The number of benzene rings is 2. The molecule has 1 saturated heterocycles. The van der Waals surface area contributed by atoms with Gasteiger partial charge in [0, 0.05) is 12.3 Å². The third-order valence-corrected chi connectivity index (χ3v) is 5.14. The SMILES string of the molecule is COc1ccc(CC(=O)N2CCSC2c2ccc(F)cc2)cc1. The van der Waals surface area contributed by atoms with Gasteiger partial charge >= 0.3 is 0 Å². The van der Waals surface area contributed by atoms with Crippen molar-refractivity contribution in [3.05, 3.63) is 65.5 Å². The maximum atomic E-state index is 13.1. The largest absolute Gasteiger partial charge is 0.497 e. The Morgan fingerprint density at radius 1 is 1.22 bits per heavy atom. The van der Waals surface area contributed by atoms with Crippen molar-refractivity contribution in [3.63, 3.8) is 0 Å². The van der Waals surface area contributed by atoms with E-state index in [0.29, 0.717) is 6.42 Å². The molecule has 0 bridgehead atoms. The van der Waals surface area contributed by atoms with Gasteiger partial charge in [0.1, 0.15) is 16.9 Å². The van der Waals surface area contributed by atoms with E-state index in [-0.39, 0.29) is 17.1 Å². The molecule has 120 valence electrons. The quantitative estimate of drug-likeness (QED) is 0.856. The fraction of sp³-hybridized carbons (Fsp3) is 0.278. The van der Waals surface area contributed by atoms with Crippen LogP contribution < -0.4 is 4.74 Å². The van der Waals surface area contributed by atoms with Gasteiger partial charge in [-0.05, 0) is 35.4 Å². The number of hydrogen-bond donors (Lipinski definition) is 0. The molecular formula is C18H18FNO2S. The molecule has 1 aliphatic heterocycles. The second-order valence-corrected chi connectivity index (χ2v) is 6.57. The summed E-state index contributed by atoms with van der Waals surface area (Å²) in [6, 6.07) is 13.9. The van der Waals surface area contributed by atoms with Crippen LogP contribution in [0.1, 0.15) is 16.5 Å². The molecule has 1 aliphatic rings. The highest BCUT2D eigenvalue weighted by Gasteiger charge is 2.30. The average molecular weight is 331 g/mol. The highest BCUT2D eigenvalue weighted by atomic mass is 32.2. The smallest absolute Gasteiger partial charge is 0.228 e. The topological polar surface area (TPSA) is 29.5 Å². The minimum Gasteiger partial charge on any atom is -0.497 e. The molecule has 5 heteroatoms. The monoisotopic (exact) mass is 331 g/mol. The fourth-order valence-electron chi connectivity index (χ4n) is 2.65. The highest BCUT2D eigenvalue weighted by molar-refractivity contribution is 7.99. The Bertz CT molecular complexity index is 672. The van der Waals surface area contributed by atoms with Crippen molar-refractivity contribution in [2.45, 2.75) is 11.8 Å². The van der Waals surface area contributed by atoms with Crippen molar-refractivity contribution in [2.75, 3.05) is 19.4 Å². The van der Waals surface area contributed by atoms with Crippen molar-refractivity contribution in [1.29, 1.82) is 0 Å². The molecule has 23 heavy (non-hydrogen) atoms. The lowest BCUT2D eigenvalue weighted by Gasteiger charge is -2.24. The maximum Gasteiger partial charge on any atom is 0.228 e. The standard InChI is InChI=1S/C18H18FNO2S/c1-22-16-8-2-13(3-9-16)12-17(21)20-10-11-23-18(20)14-4-6-15(19)7-5-14/h2-9,18H,10-12H2,1H3. The van der Waals surface area contributed by atoms with E-state index >= 15 is 0 Å². The number of hydrogen-bond acceptors (Lipinski definition) is 3. The number of halogens is 1. The van der Waals surface area contributed by atoms with Crippen LogP contribution in [0.4, 0.5) is 4.39 Å². The Hall–Kier alpha value is -2.01. The molecule has 1 atom stereocenters. The van der Waals surface area contributed by atoms with Crippen molar-refractivity contribution in [3.8, 4) is 5.75 Å². The number of nitrogens with zero attached hydrogens (tertiary/aromatic N) is 1. The van der Waals surface area contributed by atoms with Gasteiger partial charge in [0.25, 0.3) is 0 Å². The van der Waals surface area contributed by atoms with Crippen LogP contribution in [0.2, 0.25) is 0 Å². The Morgan fingerprint density at radius 2 is 1.91 bits per heavy atom. The van der Waals surface area contributed by atoms with E-state index in [9.17, 15) is 9.18 Å². The minimum atomic E-state index is -0.257. The molecule has 0 aliphatic carbocycles. The number of carbonyl (C=O) groups excluding carboxylic acids is 1. The van der Waals surface area contributed by atoms with Gasteiger partial charge in [0.15, 0.2) is 0 Å². The third kappa shape index (κ3) is 3.67. The average Bonchev–Trinajstić information content (AvgIpc) is 3.06. The molecule has 2 aromatic carbocycles.